The predicted molar refractivity (Wildman–Crippen MR) is 107 cm³/mol. The number of fused-ring (bicyclic) bond motifs is 5. The van der Waals surface area contributed by atoms with Gasteiger partial charge in [-0.05, 0) is 97.7 Å². The van der Waals surface area contributed by atoms with Crippen molar-refractivity contribution in [3.63, 3.8) is 0 Å². The van der Waals surface area contributed by atoms with Gasteiger partial charge in [-0.25, -0.2) is 0 Å². The maximum atomic E-state index is 11.5. The van der Waals surface area contributed by atoms with E-state index in [2.05, 4.69) is 20.8 Å². The molecule has 1 unspecified atom stereocenters. The highest BCUT2D eigenvalue weighted by Crippen LogP contribution is 2.68. The van der Waals surface area contributed by atoms with Crippen LogP contribution in [-0.2, 0) is 4.79 Å². The molecule has 4 aliphatic rings. The summed E-state index contributed by atoms with van der Waals surface area (Å²) in [6, 6.07) is 0. The molecule has 27 heavy (non-hydrogen) atoms. The molecule has 4 aliphatic carbocycles. The van der Waals surface area contributed by atoms with E-state index in [0.29, 0.717) is 29.1 Å². The van der Waals surface area contributed by atoms with Crippen LogP contribution >= 0.6 is 0 Å². The van der Waals surface area contributed by atoms with E-state index < -0.39 is 5.97 Å². The third-order valence-electron chi connectivity index (χ3n) is 10.3. The third kappa shape index (κ3) is 2.98. The molecule has 0 radical (unpaired) electrons. The number of aliphatic carboxylic acids is 1. The van der Waals surface area contributed by atoms with Gasteiger partial charge in [-0.3, -0.25) is 4.79 Å². The van der Waals surface area contributed by atoms with Gasteiger partial charge in [0.2, 0.25) is 0 Å². The monoisotopic (exact) mass is 376 g/mol. The first kappa shape index (κ1) is 19.7. The number of aliphatic hydroxyl groups excluding tert-OH is 1. The molecule has 0 aromatic heterocycles. The Labute approximate surface area is 165 Å². The highest BCUT2D eigenvalue weighted by Gasteiger charge is 2.63. The quantitative estimate of drug-likeness (QED) is 0.680. The minimum Gasteiger partial charge on any atom is -0.481 e. The van der Waals surface area contributed by atoms with E-state index in [1.54, 1.807) is 0 Å². The van der Waals surface area contributed by atoms with Crippen molar-refractivity contribution >= 4 is 5.97 Å². The zero-order valence-electron chi connectivity index (χ0n) is 17.6. The van der Waals surface area contributed by atoms with Gasteiger partial charge in [0.1, 0.15) is 0 Å². The van der Waals surface area contributed by atoms with E-state index in [-0.39, 0.29) is 17.9 Å². The third-order valence-corrected chi connectivity index (χ3v) is 10.3. The van der Waals surface area contributed by atoms with Crippen LogP contribution in [0.3, 0.4) is 0 Å². The minimum absolute atomic E-state index is 0.00303. The average Bonchev–Trinajstić information content (AvgIpc) is 2.99. The van der Waals surface area contributed by atoms with Gasteiger partial charge < -0.3 is 10.2 Å². The lowest BCUT2D eigenvalue weighted by Crippen LogP contribution is -2.58. The number of carboxylic acids is 1. The Kier molecular flexibility index (Phi) is 5.15. The van der Waals surface area contributed by atoms with Crippen LogP contribution in [0.25, 0.3) is 0 Å². The summed E-state index contributed by atoms with van der Waals surface area (Å²) in [5.74, 6) is 3.21. The Balaban J connectivity index is 1.57. The molecule has 0 aromatic rings. The van der Waals surface area contributed by atoms with E-state index >= 15 is 0 Å². The lowest BCUT2D eigenvalue weighted by molar-refractivity contribution is -0.168. The molecule has 0 aliphatic heterocycles. The first-order valence-corrected chi connectivity index (χ1v) is 11.7. The predicted octanol–water partition coefficient (Wildman–Crippen LogP) is 5.51. The Hall–Kier alpha value is -0.570. The van der Waals surface area contributed by atoms with Gasteiger partial charge in [-0.1, -0.05) is 33.6 Å². The molecule has 4 saturated carbocycles. The summed E-state index contributed by atoms with van der Waals surface area (Å²) >= 11 is 0. The SMILES string of the molecule is CC(CCC(=O)O)[C@H]1CC[C@H]2[C@@H]3CC[C@@H]4CCCC[C@]4(C)[C@H]3C[C@H](O)[C@]12C. The van der Waals surface area contributed by atoms with Crippen molar-refractivity contribution in [2.45, 2.75) is 97.5 Å². The molecule has 3 nitrogen and oxygen atoms in total. The Morgan fingerprint density at radius 1 is 1.07 bits per heavy atom. The van der Waals surface area contributed by atoms with Gasteiger partial charge in [-0.2, -0.15) is 0 Å². The van der Waals surface area contributed by atoms with Crippen molar-refractivity contribution in [2.75, 3.05) is 0 Å². The Morgan fingerprint density at radius 2 is 1.85 bits per heavy atom. The number of rotatable bonds is 4. The summed E-state index contributed by atoms with van der Waals surface area (Å²) in [5, 5.41) is 20.6. The molecule has 0 bridgehead atoms. The van der Waals surface area contributed by atoms with Crippen LogP contribution in [0.4, 0.5) is 0 Å². The summed E-state index contributed by atoms with van der Waals surface area (Å²) in [5.41, 5.74) is 0.452. The van der Waals surface area contributed by atoms with Gasteiger partial charge in [0.15, 0.2) is 0 Å². The van der Waals surface area contributed by atoms with Gasteiger partial charge in [0, 0.05) is 6.42 Å². The summed E-state index contributed by atoms with van der Waals surface area (Å²) in [4.78, 5) is 11.1. The fourth-order valence-electron chi connectivity index (χ4n) is 8.77. The molecule has 0 spiro atoms. The highest BCUT2D eigenvalue weighted by molar-refractivity contribution is 5.66. The summed E-state index contributed by atoms with van der Waals surface area (Å²) in [6.45, 7) is 7.16. The molecule has 0 aromatic carbocycles. The summed E-state index contributed by atoms with van der Waals surface area (Å²) in [6.07, 6.45) is 12.6. The molecule has 2 N–H and O–H groups in total. The van der Waals surface area contributed by atoms with E-state index in [0.717, 1.165) is 24.7 Å². The number of carboxylic acid groups (broad SMARTS) is 1. The first-order valence-electron chi connectivity index (χ1n) is 11.7. The summed E-state index contributed by atoms with van der Waals surface area (Å²) in [7, 11) is 0. The van der Waals surface area contributed by atoms with E-state index in [4.69, 9.17) is 5.11 Å². The van der Waals surface area contributed by atoms with Crippen molar-refractivity contribution in [3.8, 4) is 0 Å². The largest absolute Gasteiger partial charge is 0.481 e. The van der Waals surface area contributed by atoms with Crippen molar-refractivity contribution in [2.24, 2.45) is 46.3 Å². The lowest BCUT2D eigenvalue weighted by Gasteiger charge is -2.62. The number of hydrogen-bond acceptors (Lipinski definition) is 2. The number of carbonyl (C=O) groups is 1. The fourth-order valence-corrected chi connectivity index (χ4v) is 8.77. The maximum Gasteiger partial charge on any atom is 0.303 e. The topological polar surface area (TPSA) is 57.5 Å². The normalized spacial score (nSPS) is 50.4. The Bertz CT molecular complexity index is 574. The van der Waals surface area contributed by atoms with Crippen molar-refractivity contribution in [1.82, 2.24) is 0 Å². The zero-order chi connectivity index (χ0) is 19.4. The van der Waals surface area contributed by atoms with Crippen molar-refractivity contribution in [3.05, 3.63) is 0 Å². The molecule has 9 atom stereocenters. The van der Waals surface area contributed by atoms with Gasteiger partial charge in [-0.15, -0.1) is 0 Å². The fraction of sp³-hybridized carbons (Fsp3) is 0.958. The van der Waals surface area contributed by atoms with Crippen LogP contribution in [0.2, 0.25) is 0 Å². The highest BCUT2D eigenvalue weighted by atomic mass is 16.4. The van der Waals surface area contributed by atoms with Crippen LogP contribution in [0.15, 0.2) is 0 Å². The molecular formula is C24H40O3. The molecule has 0 saturated heterocycles. The van der Waals surface area contributed by atoms with Gasteiger partial charge >= 0.3 is 5.97 Å². The van der Waals surface area contributed by atoms with E-state index in [1.807, 2.05) is 0 Å². The second kappa shape index (κ2) is 7.04. The lowest BCUT2D eigenvalue weighted by atomic mass is 9.44. The summed E-state index contributed by atoms with van der Waals surface area (Å²) < 4.78 is 0. The standard InChI is InChI=1S/C24H40O3/c1-15(7-12-22(26)27)18-10-11-19-17-9-8-16-6-4-5-13-23(16,2)20(17)14-21(25)24(18,19)3/h15-21,25H,4-14H2,1-3H3,(H,26,27)/t15?,16-,17-,18+,19-,20-,21-,23-,24+/m0/s1. The van der Waals surface area contributed by atoms with Crippen molar-refractivity contribution in [1.29, 1.82) is 0 Å². The zero-order valence-corrected chi connectivity index (χ0v) is 17.6. The molecule has 0 heterocycles. The Morgan fingerprint density at radius 3 is 2.59 bits per heavy atom. The average molecular weight is 377 g/mol. The van der Waals surface area contributed by atoms with Crippen molar-refractivity contribution < 1.29 is 15.0 Å². The molecule has 154 valence electrons. The molecular weight excluding hydrogens is 336 g/mol. The second-order valence-electron chi connectivity index (χ2n) is 11.1. The molecule has 3 heteroatoms. The smallest absolute Gasteiger partial charge is 0.303 e. The molecule has 0 amide bonds. The first-order chi connectivity index (χ1) is 12.8. The second-order valence-corrected chi connectivity index (χ2v) is 11.1. The maximum absolute atomic E-state index is 11.5. The van der Waals surface area contributed by atoms with Crippen LogP contribution in [0, 0.1) is 46.3 Å². The van der Waals surface area contributed by atoms with E-state index in [9.17, 15) is 9.90 Å². The van der Waals surface area contributed by atoms with Crippen LogP contribution < -0.4 is 0 Å². The van der Waals surface area contributed by atoms with Crippen LogP contribution in [0.5, 0.6) is 0 Å². The van der Waals surface area contributed by atoms with Gasteiger partial charge in [0.25, 0.3) is 0 Å². The number of aliphatic hydroxyl groups is 1. The molecule has 4 rings (SSSR count). The minimum atomic E-state index is -0.686. The van der Waals surface area contributed by atoms with Crippen LogP contribution in [-0.4, -0.2) is 22.3 Å². The van der Waals surface area contributed by atoms with E-state index in [1.165, 1.54) is 51.4 Å². The van der Waals surface area contributed by atoms with Gasteiger partial charge in [0.05, 0.1) is 6.10 Å². The number of hydrogen-bond donors (Lipinski definition) is 2. The molecule has 4 fully saturated rings. The van der Waals surface area contributed by atoms with Crippen LogP contribution in [0.1, 0.15) is 91.4 Å².